The van der Waals surface area contributed by atoms with E-state index in [9.17, 15) is 15.0 Å². The molecule has 1 aliphatic rings. The molecule has 0 spiro atoms. The first kappa shape index (κ1) is 12.9. The van der Waals surface area contributed by atoms with E-state index in [1.165, 1.54) is 16.0 Å². The highest BCUT2D eigenvalue weighted by Gasteiger charge is 2.30. The van der Waals surface area contributed by atoms with Gasteiger partial charge >= 0.3 is 6.09 Å². The van der Waals surface area contributed by atoms with Crippen molar-refractivity contribution in [1.29, 1.82) is 0 Å². The normalized spacial score (nSPS) is 20.0. The number of aliphatic hydroxyl groups is 1. The Labute approximate surface area is 107 Å². The maximum Gasteiger partial charge on any atom is 0.407 e. The molecule has 0 saturated carbocycles. The Morgan fingerprint density at radius 2 is 2.11 bits per heavy atom. The summed E-state index contributed by atoms with van der Waals surface area (Å²) >= 11 is 0. The van der Waals surface area contributed by atoms with Crippen LogP contribution in [0.3, 0.4) is 0 Å². The van der Waals surface area contributed by atoms with Crippen molar-refractivity contribution in [2.45, 2.75) is 38.3 Å². The predicted molar refractivity (Wildman–Crippen MR) is 68.7 cm³/mol. The summed E-state index contributed by atoms with van der Waals surface area (Å²) in [5.41, 5.74) is 2.54. The van der Waals surface area contributed by atoms with Crippen LogP contribution in [0.5, 0.6) is 0 Å². The Kier molecular flexibility index (Phi) is 3.87. The van der Waals surface area contributed by atoms with E-state index in [1.807, 2.05) is 12.1 Å². The van der Waals surface area contributed by atoms with E-state index in [4.69, 9.17) is 0 Å². The molecule has 0 bridgehead atoms. The van der Waals surface area contributed by atoms with Gasteiger partial charge in [0.15, 0.2) is 0 Å². The predicted octanol–water partition coefficient (Wildman–Crippen LogP) is 1.90. The van der Waals surface area contributed by atoms with Crippen LogP contribution in [0.15, 0.2) is 24.3 Å². The average Bonchev–Trinajstić information content (AvgIpc) is 2.38. The van der Waals surface area contributed by atoms with Crippen LogP contribution in [-0.4, -0.2) is 39.9 Å². The summed E-state index contributed by atoms with van der Waals surface area (Å²) in [4.78, 5) is 12.7. The molecule has 0 saturated heterocycles. The fraction of sp³-hybridized carbons (Fsp3) is 0.500. The molecular formula is C14H19NO3. The van der Waals surface area contributed by atoms with Crippen molar-refractivity contribution in [2.75, 3.05) is 6.61 Å². The Morgan fingerprint density at radius 1 is 1.44 bits per heavy atom. The van der Waals surface area contributed by atoms with Crippen molar-refractivity contribution in [3.8, 4) is 0 Å². The van der Waals surface area contributed by atoms with Gasteiger partial charge in [0.1, 0.15) is 0 Å². The maximum atomic E-state index is 11.3. The molecule has 98 valence electrons. The minimum Gasteiger partial charge on any atom is -0.465 e. The van der Waals surface area contributed by atoms with Crippen LogP contribution in [0.4, 0.5) is 4.79 Å². The van der Waals surface area contributed by atoms with E-state index >= 15 is 0 Å². The summed E-state index contributed by atoms with van der Waals surface area (Å²) in [6, 6.07) is 7.79. The highest BCUT2D eigenvalue weighted by molar-refractivity contribution is 5.66. The van der Waals surface area contributed by atoms with Gasteiger partial charge in [0.2, 0.25) is 0 Å². The van der Waals surface area contributed by atoms with Gasteiger partial charge in [0.05, 0.1) is 12.6 Å². The maximum absolute atomic E-state index is 11.3. The molecule has 2 atom stereocenters. The third-order valence-corrected chi connectivity index (χ3v) is 3.67. The van der Waals surface area contributed by atoms with Gasteiger partial charge in [0, 0.05) is 6.04 Å². The van der Waals surface area contributed by atoms with Gasteiger partial charge in [-0.25, -0.2) is 4.79 Å². The molecule has 4 nitrogen and oxygen atoms in total. The van der Waals surface area contributed by atoms with E-state index in [0.29, 0.717) is 0 Å². The number of amides is 1. The molecule has 0 aromatic heterocycles. The zero-order valence-electron chi connectivity index (χ0n) is 10.5. The molecule has 0 fully saturated rings. The SMILES string of the molecule is CC(CO)N(C(=O)O)C1CCc2ccccc2C1. The zero-order valence-corrected chi connectivity index (χ0v) is 10.5. The van der Waals surface area contributed by atoms with Crippen molar-refractivity contribution in [3.63, 3.8) is 0 Å². The minimum atomic E-state index is -0.944. The Hall–Kier alpha value is -1.55. The number of hydrogen-bond donors (Lipinski definition) is 2. The zero-order chi connectivity index (χ0) is 13.1. The number of nitrogens with zero attached hydrogens (tertiary/aromatic N) is 1. The number of fused-ring (bicyclic) bond motifs is 1. The van der Waals surface area contributed by atoms with E-state index in [0.717, 1.165) is 19.3 Å². The number of aryl methyl sites for hydroxylation is 1. The molecule has 1 aromatic rings. The third kappa shape index (κ3) is 2.48. The van der Waals surface area contributed by atoms with Crippen molar-refractivity contribution < 1.29 is 15.0 Å². The molecular weight excluding hydrogens is 230 g/mol. The van der Waals surface area contributed by atoms with Gasteiger partial charge in [-0.3, -0.25) is 0 Å². The molecule has 1 aromatic carbocycles. The standard InChI is InChI=1S/C14H19NO3/c1-10(9-16)15(14(17)18)13-7-6-11-4-2-3-5-12(11)8-13/h2-5,10,13,16H,6-9H2,1H3,(H,17,18). The first-order valence-electron chi connectivity index (χ1n) is 6.32. The molecule has 0 heterocycles. The smallest absolute Gasteiger partial charge is 0.407 e. The van der Waals surface area contributed by atoms with Gasteiger partial charge in [-0.05, 0) is 37.3 Å². The molecule has 0 aliphatic heterocycles. The van der Waals surface area contributed by atoms with E-state index in [-0.39, 0.29) is 18.7 Å². The second-order valence-corrected chi connectivity index (χ2v) is 4.89. The van der Waals surface area contributed by atoms with Crippen molar-refractivity contribution in [3.05, 3.63) is 35.4 Å². The van der Waals surface area contributed by atoms with E-state index in [2.05, 4.69) is 12.1 Å². The lowest BCUT2D eigenvalue weighted by Crippen LogP contribution is -2.49. The van der Waals surface area contributed by atoms with Crippen LogP contribution in [0.2, 0.25) is 0 Å². The van der Waals surface area contributed by atoms with Gasteiger partial charge in [0.25, 0.3) is 0 Å². The Balaban J connectivity index is 2.18. The summed E-state index contributed by atoms with van der Waals surface area (Å²) in [6.07, 6.45) is 1.53. The largest absolute Gasteiger partial charge is 0.465 e. The number of carboxylic acid groups (broad SMARTS) is 1. The van der Waals surface area contributed by atoms with Crippen LogP contribution >= 0.6 is 0 Å². The molecule has 2 N–H and O–H groups in total. The van der Waals surface area contributed by atoms with Gasteiger partial charge in [-0.15, -0.1) is 0 Å². The van der Waals surface area contributed by atoms with Gasteiger partial charge < -0.3 is 15.1 Å². The average molecular weight is 249 g/mol. The molecule has 4 heteroatoms. The first-order chi connectivity index (χ1) is 8.63. The quantitative estimate of drug-likeness (QED) is 0.860. The number of hydrogen-bond acceptors (Lipinski definition) is 2. The number of aliphatic hydroxyl groups excluding tert-OH is 1. The lowest BCUT2D eigenvalue weighted by Gasteiger charge is -2.36. The number of benzene rings is 1. The molecule has 18 heavy (non-hydrogen) atoms. The fourth-order valence-corrected chi connectivity index (χ4v) is 2.71. The summed E-state index contributed by atoms with van der Waals surface area (Å²) in [7, 11) is 0. The minimum absolute atomic E-state index is 0.0282. The van der Waals surface area contributed by atoms with Crippen LogP contribution in [0.25, 0.3) is 0 Å². The summed E-state index contributed by atoms with van der Waals surface area (Å²) < 4.78 is 0. The lowest BCUT2D eigenvalue weighted by molar-refractivity contribution is 0.0737. The molecule has 1 aliphatic carbocycles. The molecule has 1 amide bonds. The monoisotopic (exact) mass is 249 g/mol. The third-order valence-electron chi connectivity index (χ3n) is 3.67. The van der Waals surface area contributed by atoms with Crippen molar-refractivity contribution >= 4 is 6.09 Å². The van der Waals surface area contributed by atoms with Crippen molar-refractivity contribution in [2.24, 2.45) is 0 Å². The van der Waals surface area contributed by atoms with Crippen molar-refractivity contribution in [1.82, 2.24) is 4.90 Å². The fourth-order valence-electron chi connectivity index (χ4n) is 2.71. The lowest BCUT2D eigenvalue weighted by atomic mass is 9.87. The molecule has 2 unspecified atom stereocenters. The van der Waals surface area contributed by atoms with Crippen LogP contribution < -0.4 is 0 Å². The number of carbonyl (C=O) groups is 1. The highest BCUT2D eigenvalue weighted by Crippen LogP contribution is 2.25. The highest BCUT2D eigenvalue weighted by atomic mass is 16.4. The summed E-state index contributed by atoms with van der Waals surface area (Å²) in [6.45, 7) is 1.61. The Morgan fingerprint density at radius 3 is 2.72 bits per heavy atom. The second kappa shape index (κ2) is 5.40. The summed E-state index contributed by atoms with van der Waals surface area (Å²) in [5, 5.41) is 18.5. The van der Waals surface area contributed by atoms with Gasteiger partial charge in [-0.2, -0.15) is 0 Å². The van der Waals surface area contributed by atoms with E-state index < -0.39 is 6.09 Å². The molecule has 2 rings (SSSR count). The topological polar surface area (TPSA) is 60.8 Å². The van der Waals surface area contributed by atoms with Crippen LogP contribution in [0, 0.1) is 0 Å². The molecule has 0 radical (unpaired) electrons. The summed E-state index contributed by atoms with van der Waals surface area (Å²) in [5.74, 6) is 0. The first-order valence-corrected chi connectivity index (χ1v) is 6.32. The van der Waals surface area contributed by atoms with Gasteiger partial charge in [-0.1, -0.05) is 24.3 Å². The Bertz CT molecular complexity index is 433. The van der Waals surface area contributed by atoms with Crippen LogP contribution in [0.1, 0.15) is 24.5 Å². The van der Waals surface area contributed by atoms with E-state index in [1.54, 1.807) is 6.92 Å². The van der Waals surface area contributed by atoms with Crippen LogP contribution in [-0.2, 0) is 12.8 Å². The number of rotatable bonds is 3. The second-order valence-electron chi connectivity index (χ2n) is 4.89.